The number of anilines is 1. The van der Waals surface area contributed by atoms with Crippen molar-refractivity contribution in [1.29, 1.82) is 0 Å². The Bertz CT molecular complexity index is 709. The second-order valence-electron chi connectivity index (χ2n) is 4.16. The van der Waals surface area contributed by atoms with E-state index >= 15 is 0 Å². The third-order valence-electron chi connectivity index (χ3n) is 2.75. The van der Waals surface area contributed by atoms with Crippen molar-refractivity contribution in [2.45, 2.75) is 6.42 Å². The number of pyridine rings is 1. The zero-order chi connectivity index (χ0) is 13.1. The van der Waals surface area contributed by atoms with Crippen LogP contribution in [0.25, 0.3) is 10.1 Å². The molecule has 5 heteroatoms. The summed E-state index contributed by atoms with van der Waals surface area (Å²) < 4.78 is 5.23. The largest absolute Gasteiger partial charge is 0.326 e. The van der Waals surface area contributed by atoms with Crippen LogP contribution in [-0.2, 0) is 11.2 Å². The van der Waals surface area contributed by atoms with Crippen LogP contribution in [0.15, 0.2) is 48.9 Å². The zero-order valence-electron chi connectivity index (χ0n) is 10.0. The minimum absolute atomic E-state index is 0.0336. The summed E-state index contributed by atoms with van der Waals surface area (Å²) in [6.07, 6.45) is 5.53. The summed E-state index contributed by atoms with van der Waals surface area (Å²) in [5.74, 6) is -0.0336. The van der Waals surface area contributed by atoms with E-state index in [0.717, 1.165) is 21.3 Å². The number of nitrogens with zero attached hydrogens (tertiary/aromatic N) is 2. The lowest BCUT2D eigenvalue weighted by Gasteiger charge is -2.05. The van der Waals surface area contributed by atoms with E-state index < -0.39 is 0 Å². The van der Waals surface area contributed by atoms with Crippen LogP contribution in [0.3, 0.4) is 0 Å². The Morgan fingerprint density at radius 3 is 2.89 bits per heavy atom. The minimum atomic E-state index is -0.0336. The fourth-order valence-electron chi connectivity index (χ4n) is 1.84. The molecule has 1 N–H and O–H groups in total. The highest BCUT2D eigenvalue weighted by molar-refractivity contribution is 7.13. The van der Waals surface area contributed by atoms with Gasteiger partial charge < -0.3 is 5.32 Å². The summed E-state index contributed by atoms with van der Waals surface area (Å²) >= 11 is 1.45. The smallest absolute Gasteiger partial charge is 0.228 e. The lowest BCUT2D eigenvalue weighted by Crippen LogP contribution is -2.14. The topological polar surface area (TPSA) is 54.9 Å². The van der Waals surface area contributed by atoms with E-state index in [4.69, 9.17) is 0 Å². The summed E-state index contributed by atoms with van der Waals surface area (Å²) in [4.78, 5) is 15.8. The van der Waals surface area contributed by atoms with Gasteiger partial charge in [0, 0.05) is 29.7 Å². The van der Waals surface area contributed by atoms with E-state index in [1.807, 2.05) is 30.3 Å². The van der Waals surface area contributed by atoms with Gasteiger partial charge in [-0.2, -0.15) is 4.37 Å². The minimum Gasteiger partial charge on any atom is -0.326 e. The lowest BCUT2D eigenvalue weighted by atomic mass is 10.2. The number of fused-ring (bicyclic) bond motifs is 1. The van der Waals surface area contributed by atoms with Crippen molar-refractivity contribution < 1.29 is 4.79 Å². The Kier molecular flexibility index (Phi) is 3.20. The highest BCUT2D eigenvalue weighted by Crippen LogP contribution is 2.21. The predicted molar refractivity (Wildman–Crippen MR) is 76.2 cm³/mol. The first-order chi connectivity index (χ1) is 9.31. The van der Waals surface area contributed by atoms with E-state index in [-0.39, 0.29) is 5.91 Å². The van der Waals surface area contributed by atoms with E-state index in [0.29, 0.717) is 6.42 Å². The van der Waals surface area contributed by atoms with Gasteiger partial charge in [-0.15, -0.1) is 0 Å². The number of rotatable bonds is 3. The van der Waals surface area contributed by atoms with Gasteiger partial charge >= 0.3 is 0 Å². The summed E-state index contributed by atoms with van der Waals surface area (Å²) in [5.41, 5.74) is 1.75. The van der Waals surface area contributed by atoms with Crippen LogP contribution in [0.1, 0.15) is 5.56 Å². The number of hydrogen-bond acceptors (Lipinski definition) is 4. The van der Waals surface area contributed by atoms with E-state index in [9.17, 15) is 4.79 Å². The Morgan fingerprint density at radius 2 is 2.05 bits per heavy atom. The number of amides is 1. The number of benzene rings is 1. The normalized spacial score (nSPS) is 10.5. The van der Waals surface area contributed by atoms with Crippen molar-refractivity contribution in [2.24, 2.45) is 0 Å². The van der Waals surface area contributed by atoms with Gasteiger partial charge in [0.1, 0.15) is 0 Å². The van der Waals surface area contributed by atoms with Crippen molar-refractivity contribution in [3.05, 3.63) is 54.5 Å². The Balaban J connectivity index is 1.72. The molecular weight excluding hydrogens is 258 g/mol. The maximum atomic E-state index is 11.9. The molecule has 0 fully saturated rings. The third-order valence-corrected chi connectivity index (χ3v) is 3.53. The predicted octanol–water partition coefficient (Wildman–Crippen LogP) is 2.87. The van der Waals surface area contributed by atoms with Gasteiger partial charge in [-0.1, -0.05) is 0 Å². The van der Waals surface area contributed by atoms with Crippen LogP contribution in [0.2, 0.25) is 0 Å². The third kappa shape index (κ3) is 2.77. The van der Waals surface area contributed by atoms with E-state index in [2.05, 4.69) is 14.7 Å². The molecule has 1 amide bonds. The van der Waals surface area contributed by atoms with Crippen molar-refractivity contribution in [1.82, 2.24) is 9.36 Å². The fraction of sp³-hybridized carbons (Fsp3) is 0.0714. The molecule has 0 unspecified atom stereocenters. The average molecular weight is 269 g/mol. The highest BCUT2D eigenvalue weighted by atomic mass is 32.1. The maximum absolute atomic E-state index is 11.9. The van der Waals surface area contributed by atoms with Gasteiger partial charge in [-0.25, -0.2) is 0 Å². The molecule has 4 nitrogen and oxygen atoms in total. The molecule has 19 heavy (non-hydrogen) atoms. The molecule has 0 aliphatic carbocycles. The summed E-state index contributed by atoms with van der Waals surface area (Å²) in [6.45, 7) is 0. The molecule has 2 aromatic heterocycles. The Morgan fingerprint density at radius 1 is 1.21 bits per heavy atom. The van der Waals surface area contributed by atoms with Crippen molar-refractivity contribution in [3.8, 4) is 0 Å². The fourth-order valence-corrected chi connectivity index (χ4v) is 2.47. The molecule has 2 heterocycles. The Hall–Kier alpha value is -2.27. The molecule has 0 saturated heterocycles. The maximum Gasteiger partial charge on any atom is 0.228 e. The van der Waals surface area contributed by atoms with Crippen molar-refractivity contribution in [2.75, 3.05) is 5.32 Å². The number of carbonyl (C=O) groups excluding carboxylic acids is 1. The summed E-state index contributed by atoms with van der Waals surface area (Å²) in [5, 5.41) is 3.94. The summed E-state index contributed by atoms with van der Waals surface area (Å²) in [6, 6.07) is 9.47. The second-order valence-corrected chi connectivity index (χ2v) is 4.99. The lowest BCUT2D eigenvalue weighted by molar-refractivity contribution is -0.115. The number of carbonyl (C=O) groups is 1. The molecule has 3 rings (SSSR count). The molecule has 0 bridgehead atoms. The molecule has 0 aliphatic rings. The Labute approximate surface area is 114 Å². The van der Waals surface area contributed by atoms with Gasteiger partial charge in [-0.05, 0) is 47.4 Å². The second kappa shape index (κ2) is 5.16. The molecule has 0 atom stereocenters. The molecule has 0 aliphatic heterocycles. The van der Waals surface area contributed by atoms with Crippen LogP contribution < -0.4 is 5.32 Å². The molecule has 0 saturated carbocycles. The van der Waals surface area contributed by atoms with Crippen LogP contribution in [0, 0.1) is 0 Å². The molecular formula is C14H11N3OS. The van der Waals surface area contributed by atoms with Crippen LogP contribution in [0.4, 0.5) is 5.69 Å². The number of nitrogens with one attached hydrogen (secondary N) is 1. The molecule has 0 radical (unpaired) electrons. The average Bonchev–Trinajstić information content (AvgIpc) is 2.87. The first-order valence-corrected chi connectivity index (χ1v) is 6.62. The van der Waals surface area contributed by atoms with Crippen molar-refractivity contribution >= 4 is 33.2 Å². The molecule has 94 valence electrons. The quantitative estimate of drug-likeness (QED) is 0.795. The van der Waals surface area contributed by atoms with Crippen LogP contribution in [-0.4, -0.2) is 15.3 Å². The van der Waals surface area contributed by atoms with Gasteiger partial charge in [0.25, 0.3) is 0 Å². The van der Waals surface area contributed by atoms with Crippen LogP contribution >= 0.6 is 11.5 Å². The molecule has 1 aromatic carbocycles. The van der Waals surface area contributed by atoms with Gasteiger partial charge in [0.05, 0.1) is 11.1 Å². The highest BCUT2D eigenvalue weighted by Gasteiger charge is 2.05. The SMILES string of the molecule is O=C(Cc1ccncc1)Nc1ccc2sncc2c1. The van der Waals surface area contributed by atoms with E-state index in [1.54, 1.807) is 18.6 Å². The van der Waals surface area contributed by atoms with Crippen LogP contribution in [0.5, 0.6) is 0 Å². The number of aromatic nitrogens is 2. The standard InChI is InChI=1S/C14H11N3OS/c18-14(7-10-3-5-15-6-4-10)17-12-1-2-13-11(8-12)9-16-19-13/h1-6,8-9H,7H2,(H,17,18). The zero-order valence-corrected chi connectivity index (χ0v) is 10.9. The van der Waals surface area contributed by atoms with Gasteiger partial charge in [0.2, 0.25) is 5.91 Å². The first-order valence-electron chi connectivity index (χ1n) is 5.84. The van der Waals surface area contributed by atoms with E-state index in [1.165, 1.54) is 11.5 Å². The molecule has 0 spiro atoms. The molecule has 3 aromatic rings. The van der Waals surface area contributed by atoms with Crippen molar-refractivity contribution in [3.63, 3.8) is 0 Å². The summed E-state index contributed by atoms with van der Waals surface area (Å²) in [7, 11) is 0. The monoisotopic (exact) mass is 269 g/mol. The number of hydrogen-bond donors (Lipinski definition) is 1. The van der Waals surface area contributed by atoms with Gasteiger partial charge in [-0.3, -0.25) is 9.78 Å². The van der Waals surface area contributed by atoms with Gasteiger partial charge in [0.15, 0.2) is 0 Å². The first kappa shape index (κ1) is 11.8.